The molecule has 7 heteroatoms. The summed E-state index contributed by atoms with van der Waals surface area (Å²) in [5, 5.41) is 11.5. The zero-order valence-electron chi connectivity index (χ0n) is 12.1. The number of amides is 2. The monoisotopic (exact) mass is 286 g/mol. The Hall–Kier alpha value is -1.79. The summed E-state index contributed by atoms with van der Waals surface area (Å²) < 4.78 is 4.84. The van der Waals surface area contributed by atoms with Crippen molar-refractivity contribution in [3.63, 3.8) is 0 Å². The van der Waals surface area contributed by atoms with Crippen LogP contribution < -0.4 is 5.32 Å². The molecule has 0 aromatic rings. The van der Waals surface area contributed by atoms with Crippen molar-refractivity contribution in [1.29, 1.82) is 0 Å². The highest BCUT2D eigenvalue weighted by molar-refractivity contribution is 5.82. The van der Waals surface area contributed by atoms with E-state index in [-0.39, 0.29) is 25.6 Å². The highest BCUT2D eigenvalue weighted by atomic mass is 16.5. The van der Waals surface area contributed by atoms with E-state index in [4.69, 9.17) is 9.84 Å². The van der Waals surface area contributed by atoms with Gasteiger partial charge < -0.3 is 20.1 Å². The number of carboxylic acid groups (broad SMARTS) is 1. The van der Waals surface area contributed by atoms with E-state index in [1.807, 2.05) is 0 Å². The van der Waals surface area contributed by atoms with Crippen LogP contribution in [0.4, 0.5) is 4.79 Å². The molecule has 0 saturated heterocycles. The van der Waals surface area contributed by atoms with Crippen LogP contribution in [0, 0.1) is 0 Å². The lowest BCUT2D eigenvalue weighted by Gasteiger charge is -2.29. The molecule has 0 bridgehead atoms. The van der Waals surface area contributed by atoms with Crippen LogP contribution in [0.3, 0.4) is 0 Å². The standard InChI is InChI=1S/C13H22N2O5/c1-4-20-11(18)8-15(9-5-6-9)12(19)14-13(2,3)7-10(16)17/h9H,4-8H2,1-3H3,(H,14,19)(H,16,17). The molecule has 1 rings (SSSR count). The Labute approximate surface area is 118 Å². The van der Waals surface area contributed by atoms with E-state index >= 15 is 0 Å². The Balaban J connectivity index is 2.60. The van der Waals surface area contributed by atoms with Crippen molar-refractivity contribution in [3.05, 3.63) is 0 Å². The van der Waals surface area contributed by atoms with Crippen molar-refractivity contribution in [2.24, 2.45) is 0 Å². The molecule has 0 aromatic carbocycles. The number of nitrogens with one attached hydrogen (secondary N) is 1. The lowest BCUT2D eigenvalue weighted by atomic mass is 10.0. The number of rotatable bonds is 7. The average Bonchev–Trinajstić information content (AvgIpc) is 3.07. The first-order chi connectivity index (χ1) is 9.25. The summed E-state index contributed by atoms with van der Waals surface area (Å²) in [4.78, 5) is 35.8. The molecular weight excluding hydrogens is 264 g/mol. The molecule has 20 heavy (non-hydrogen) atoms. The third-order valence-electron chi connectivity index (χ3n) is 2.89. The molecule has 0 atom stereocenters. The van der Waals surface area contributed by atoms with Crippen LogP contribution in [-0.4, -0.2) is 52.7 Å². The summed E-state index contributed by atoms with van der Waals surface area (Å²) in [6, 6.07) is -0.383. The van der Waals surface area contributed by atoms with Gasteiger partial charge in [-0.1, -0.05) is 0 Å². The first-order valence-electron chi connectivity index (χ1n) is 6.71. The van der Waals surface area contributed by atoms with Gasteiger partial charge in [0.05, 0.1) is 13.0 Å². The molecule has 0 spiro atoms. The van der Waals surface area contributed by atoms with Crippen molar-refractivity contribution in [2.75, 3.05) is 13.2 Å². The zero-order valence-corrected chi connectivity index (χ0v) is 12.1. The van der Waals surface area contributed by atoms with Gasteiger partial charge in [-0.2, -0.15) is 0 Å². The van der Waals surface area contributed by atoms with E-state index in [0.717, 1.165) is 12.8 Å². The number of carboxylic acids is 1. The van der Waals surface area contributed by atoms with Gasteiger partial charge in [0.2, 0.25) is 0 Å². The highest BCUT2D eigenvalue weighted by Gasteiger charge is 2.36. The molecule has 1 aliphatic carbocycles. The Kier molecular flexibility index (Phi) is 5.35. The fourth-order valence-corrected chi connectivity index (χ4v) is 1.88. The van der Waals surface area contributed by atoms with Gasteiger partial charge >= 0.3 is 18.0 Å². The van der Waals surface area contributed by atoms with E-state index < -0.39 is 23.5 Å². The molecule has 0 heterocycles. The molecule has 0 radical (unpaired) electrons. The molecule has 1 aliphatic rings. The van der Waals surface area contributed by atoms with E-state index in [1.165, 1.54) is 4.90 Å². The van der Waals surface area contributed by atoms with Gasteiger partial charge in [0, 0.05) is 11.6 Å². The third-order valence-corrected chi connectivity index (χ3v) is 2.89. The largest absolute Gasteiger partial charge is 0.481 e. The van der Waals surface area contributed by atoms with Crippen LogP contribution in [-0.2, 0) is 14.3 Å². The van der Waals surface area contributed by atoms with Gasteiger partial charge in [-0.15, -0.1) is 0 Å². The van der Waals surface area contributed by atoms with E-state index in [1.54, 1.807) is 20.8 Å². The Morgan fingerprint density at radius 2 is 1.95 bits per heavy atom. The molecule has 7 nitrogen and oxygen atoms in total. The van der Waals surface area contributed by atoms with E-state index in [9.17, 15) is 14.4 Å². The first kappa shape index (κ1) is 16.3. The van der Waals surface area contributed by atoms with Gasteiger partial charge in [0.1, 0.15) is 6.54 Å². The fourth-order valence-electron chi connectivity index (χ4n) is 1.88. The Morgan fingerprint density at radius 3 is 2.40 bits per heavy atom. The number of hydrogen-bond acceptors (Lipinski definition) is 4. The quantitative estimate of drug-likeness (QED) is 0.680. The highest BCUT2D eigenvalue weighted by Crippen LogP contribution is 2.27. The first-order valence-corrected chi connectivity index (χ1v) is 6.71. The van der Waals surface area contributed by atoms with Gasteiger partial charge in [-0.05, 0) is 33.6 Å². The summed E-state index contributed by atoms with van der Waals surface area (Å²) in [6.07, 6.45) is 1.52. The van der Waals surface area contributed by atoms with Gasteiger partial charge in [-0.25, -0.2) is 4.79 Å². The fraction of sp³-hybridized carbons (Fsp3) is 0.769. The molecule has 0 unspecified atom stereocenters. The lowest BCUT2D eigenvalue weighted by Crippen LogP contribution is -2.52. The number of carbonyl (C=O) groups excluding carboxylic acids is 2. The second kappa shape index (κ2) is 6.58. The molecule has 2 N–H and O–H groups in total. The third kappa shape index (κ3) is 5.46. The average molecular weight is 286 g/mol. The minimum absolute atomic E-state index is 0.0417. The summed E-state index contributed by atoms with van der Waals surface area (Å²) in [5.74, 6) is -1.44. The lowest BCUT2D eigenvalue weighted by molar-refractivity contribution is -0.144. The van der Waals surface area contributed by atoms with Crippen molar-refractivity contribution >= 4 is 18.0 Å². The Bertz CT molecular complexity index is 390. The minimum Gasteiger partial charge on any atom is -0.481 e. The van der Waals surface area contributed by atoms with Crippen LogP contribution in [0.15, 0.2) is 0 Å². The molecule has 0 aliphatic heterocycles. The van der Waals surface area contributed by atoms with Gasteiger partial charge in [0.15, 0.2) is 0 Å². The zero-order chi connectivity index (χ0) is 15.3. The number of carbonyl (C=O) groups is 3. The normalized spacial score (nSPS) is 14.6. The number of nitrogens with zero attached hydrogens (tertiary/aromatic N) is 1. The maximum absolute atomic E-state index is 12.2. The van der Waals surface area contributed by atoms with E-state index in [2.05, 4.69) is 5.32 Å². The van der Waals surface area contributed by atoms with Gasteiger partial charge in [-0.3, -0.25) is 9.59 Å². The van der Waals surface area contributed by atoms with Crippen molar-refractivity contribution in [2.45, 2.75) is 51.6 Å². The number of hydrogen-bond donors (Lipinski definition) is 2. The Morgan fingerprint density at radius 1 is 1.35 bits per heavy atom. The molecule has 1 saturated carbocycles. The van der Waals surface area contributed by atoms with Crippen molar-refractivity contribution in [3.8, 4) is 0 Å². The molecule has 0 aromatic heterocycles. The SMILES string of the molecule is CCOC(=O)CN(C(=O)NC(C)(C)CC(=O)O)C1CC1. The minimum atomic E-state index is -0.987. The topological polar surface area (TPSA) is 95.9 Å². The predicted octanol–water partition coefficient (Wildman–Crippen LogP) is 0.977. The van der Waals surface area contributed by atoms with Crippen LogP contribution in [0.25, 0.3) is 0 Å². The van der Waals surface area contributed by atoms with Crippen LogP contribution in [0.1, 0.15) is 40.0 Å². The summed E-state index contributed by atoms with van der Waals surface area (Å²) >= 11 is 0. The van der Waals surface area contributed by atoms with Crippen molar-refractivity contribution < 1.29 is 24.2 Å². The van der Waals surface area contributed by atoms with E-state index in [0.29, 0.717) is 0 Å². The van der Waals surface area contributed by atoms with Crippen LogP contribution in [0.5, 0.6) is 0 Å². The molecule has 2 amide bonds. The predicted molar refractivity (Wildman–Crippen MR) is 71.2 cm³/mol. The number of urea groups is 1. The number of aliphatic carboxylic acids is 1. The number of ether oxygens (including phenoxy) is 1. The summed E-state index contributed by atoms with van der Waals surface area (Å²) in [7, 11) is 0. The van der Waals surface area contributed by atoms with Crippen LogP contribution >= 0.6 is 0 Å². The summed E-state index contributed by atoms with van der Waals surface area (Å²) in [5.41, 5.74) is -0.870. The maximum atomic E-state index is 12.2. The second-order valence-electron chi connectivity index (χ2n) is 5.55. The maximum Gasteiger partial charge on any atom is 0.325 e. The smallest absolute Gasteiger partial charge is 0.325 e. The molecular formula is C13H22N2O5. The molecule has 114 valence electrons. The van der Waals surface area contributed by atoms with Crippen LogP contribution in [0.2, 0.25) is 0 Å². The van der Waals surface area contributed by atoms with Gasteiger partial charge in [0.25, 0.3) is 0 Å². The van der Waals surface area contributed by atoms with Crippen molar-refractivity contribution in [1.82, 2.24) is 10.2 Å². The molecule has 1 fully saturated rings. The second-order valence-corrected chi connectivity index (χ2v) is 5.55. The number of esters is 1. The summed E-state index contributed by atoms with van der Waals surface area (Å²) in [6.45, 7) is 5.13.